The normalized spacial score (nSPS) is 10.5. The molecule has 0 aliphatic rings. The number of hydrogen-bond acceptors (Lipinski definition) is 2. The summed E-state index contributed by atoms with van der Waals surface area (Å²) in [5.74, 6) is 1.66. The Morgan fingerprint density at radius 3 is 2.44 bits per heavy atom. The maximum atomic E-state index is 5.41. The molecule has 0 N–H and O–H groups in total. The Kier molecular flexibility index (Phi) is 3.06. The second-order valence-corrected chi connectivity index (χ2v) is 4.50. The molecule has 0 fully saturated rings. The molecular formula is C13H13BrO2. The summed E-state index contributed by atoms with van der Waals surface area (Å²) >= 11 is 3.48. The number of rotatable bonds is 2. The Balaban J connectivity index is 2.89. The minimum atomic E-state index is 0.814. The molecule has 84 valence electrons. The lowest BCUT2D eigenvalue weighted by Crippen LogP contribution is -1.91. The average Bonchev–Trinajstić information content (AvgIpc) is 2.28. The second kappa shape index (κ2) is 4.34. The van der Waals surface area contributed by atoms with Gasteiger partial charge in [-0.2, -0.15) is 0 Å². The van der Waals surface area contributed by atoms with Crippen LogP contribution >= 0.6 is 15.9 Å². The van der Waals surface area contributed by atoms with Crippen molar-refractivity contribution < 1.29 is 9.47 Å². The van der Waals surface area contributed by atoms with Crippen molar-refractivity contribution in [2.45, 2.75) is 6.92 Å². The van der Waals surface area contributed by atoms with Crippen molar-refractivity contribution in [2.24, 2.45) is 0 Å². The third-order valence-electron chi connectivity index (χ3n) is 2.55. The van der Waals surface area contributed by atoms with Crippen LogP contribution in [0.15, 0.2) is 28.7 Å². The molecule has 0 amide bonds. The Bertz CT molecular complexity index is 535. The number of fused-ring (bicyclic) bond motifs is 1. The minimum absolute atomic E-state index is 0.814. The van der Waals surface area contributed by atoms with Crippen molar-refractivity contribution in [2.75, 3.05) is 14.2 Å². The lowest BCUT2D eigenvalue weighted by atomic mass is 10.1. The van der Waals surface area contributed by atoms with Crippen LogP contribution < -0.4 is 9.47 Å². The average molecular weight is 281 g/mol. The molecule has 0 atom stereocenters. The van der Waals surface area contributed by atoms with E-state index in [-0.39, 0.29) is 0 Å². The fourth-order valence-electron chi connectivity index (χ4n) is 1.87. The molecule has 0 aromatic heterocycles. The van der Waals surface area contributed by atoms with Gasteiger partial charge in [-0.15, -0.1) is 0 Å². The predicted molar refractivity (Wildman–Crippen MR) is 69.5 cm³/mol. The van der Waals surface area contributed by atoms with E-state index in [0.717, 1.165) is 26.7 Å². The fraction of sp³-hybridized carbons (Fsp3) is 0.231. The van der Waals surface area contributed by atoms with E-state index in [9.17, 15) is 0 Å². The molecule has 0 saturated heterocycles. The van der Waals surface area contributed by atoms with Crippen LogP contribution in [0.3, 0.4) is 0 Å². The molecular weight excluding hydrogens is 268 g/mol. The van der Waals surface area contributed by atoms with E-state index in [4.69, 9.17) is 9.47 Å². The zero-order chi connectivity index (χ0) is 11.7. The van der Waals surface area contributed by atoms with E-state index < -0.39 is 0 Å². The largest absolute Gasteiger partial charge is 0.496 e. The number of methoxy groups -OCH3 is 2. The molecule has 0 radical (unpaired) electrons. The Morgan fingerprint density at radius 2 is 1.81 bits per heavy atom. The highest BCUT2D eigenvalue weighted by molar-refractivity contribution is 9.10. The highest BCUT2D eigenvalue weighted by atomic mass is 79.9. The SMILES string of the molecule is COc1cc(C)cc2ccc(Br)c(OC)c12. The molecule has 0 heterocycles. The lowest BCUT2D eigenvalue weighted by Gasteiger charge is -2.12. The Morgan fingerprint density at radius 1 is 1.06 bits per heavy atom. The maximum absolute atomic E-state index is 5.41. The molecule has 0 saturated carbocycles. The minimum Gasteiger partial charge on any atom is -0.496 e. The summed E-state index contributed by atoms with van der Waals surface area (Å²) in [5, 5.41) is 2.13. The van der Waals surface area contributed by atoms with Crippen LogP contribution in [0.1, 0.15) is 5.56 Å². The first-order valence-electron chi connectivity index (χ1n) is 4.98. The van der Waals surface area contributed by atoms with Gasteiger partial charge in [0.05, 0.1) is 24.1 Å². The van der Waals surface area contributed by atoms with Gasteiger partial charge in [-0.3, -0.25) is 0 Å². The third kappa shape index (κ3) is 1.76. The van der Waals surface area contributed by atoms with Crippen LogP contribution in [0.4, 0.5) is 0 Å². The summed E-state index contributed by atoms with van der Waals surface area (Å²) in [4.78, 5) is 0. The van der Waals surface area contributed by atoms with Gasteiger partial charge in [-0.25, -0.2) is 0 Å². The quantitative estimate of drug-likeness (QED) is 0.830. The van der Waals surface area contributed by atoms with Crippen molar-refractivity contribution in [1.82, 2.24) is 0 Å². The first-order chi connectivity index (χ1) is 7.67. The summed E-state index contributed by atoms with van der Waals surface area (Å²) in [5.41, 5.74) is 1.17. The first-order valence-corrected chi connectivity index (χ1v) is 5.77. The standard InChI is InChI=1S/C13H13BrO2/c1-8-6-9-4-5-10(14)13(16-3)12(9)11(7-8)15-2/h4-7H,1-3H3. The summed E-state index contributed by atoms with van der Waals surface area (Å²) in [6, 6.07) is 8.17. The molecule has 3 heteroatoms. The smallest absolute Gasteiger partial charge is 0.144 e. The van der Waals surface area contributed by atoms with Gasteiger partial charge in [0.15, 0.2) is 0 Å². The van der Waals surface area contributed by atoms with Crippen molar-refractivity contribution in [3.63, 3.8) is 0 Å². The monoisotopic (exact) mass is 280 g/mol. The van der Waals surface area contributed by atoms with Gasteiger partial charge in [-0.05, 0) is 45.9 Å². The summed E-state index contributed by atoms with van der Waals surface area (Å²) < 4.78 is 11.8. The van der Waals surface area contributed by atoms with Gasteiger partial charge < -0.3 is 9.47 Å². The van der Waals surface area contributed by atoms with Crippen molar-refractivity contribution in [3.8, 4) is 11.5 Å². The predicted octanol–water partition coefficient (Wildman–Crippen LogP) is 3.93. The Labute approximate surface area is 103 Å². The fourth-order valence-corrected chi connectivity index (χ4v) is 2.37. The van der Waals surface area contributed by atoms with Crippen molar-refractivity contribution in [3.05, 3.63) is 34.3 Å². The van der Waals surface area contributed by atoms with Crippen LogP contribution in [-0.2, 0) is 0 Å². The molecule has 0 aliphatic heterocycles. The Hall–Kier alpha value is -1.22. The summed E-state index contributed by atoms with van der Waals surface area (Å²) in [6.07, 6.45) is 0. The highest BCUT2D eigenvalue weighted by Gasteiger charge is 2.11. The molecule has 2 aromatic rings. The highest BCUT2D eigenvalue weighted by Crippen LogP contribution is 2.39. The molecule has 0 aliphatic carbocycles. The van der Waals surface area contributed by atoms with E-state index in [2.05, 4.69) is 35.0 Å². The molecule has 2 rings (SSSR count). The summed E-state index contributed by atoms with van der Waals surface area (Å²) in [7, 11) is 3.34. The van der Waals surface area contributed by atoms with Gasteiger partial charge in [0.1, 0.15) is 11.5 Å². The zero-order valence-electron chi connectivity index (χ0n) is 9.50. The van der Waals surface area contributed by atoms with Crippen LogP contribution in [0.2, 0.25) is 0 Å². The number of benzene rings is 2. The van der Waals surface area contributed by atoms with Gasteiger partial charge in [0.25, 0.3) is 0 Å². The molecule has 2 aromatic carbocycles. The van der Waals surface area contributed by atoms with Crippen LogP contribution in [0, 0.1) is 6.92 Å². The number of ether oxygens (including phenoxy) is 2. The summed E-state index contributed by atoms with van der Waals surface area (Å²) in [6.45, 7) is 2.05. The first kappa shape index (κ1) is 11.3. The molecule has 16 heavy (non-hydrogen) atoms. The van der Waals surface area contributed by atoms with Gasteiger partial charge in [0, 0.05) is 0 Å². The maximum Gasteiger partial charge on any atom is 0.144 e. The topological polar surface area (TPSA) is 18.5 Å². The van der Waals surface area contributed by atoms with Crippen molar-refractivity contribution in [1.29, 1.82) is 0 Å². The zero-order valence-corrected chi connectivity index (χ0v) is 11.1. The van der Waals surface area contributed by atoms with Gasteiger partial charge in [0.2, 0.25) is 0 Å². The van der Waals surface area contributed by atoms with Crippen LogP contribution in [0.5, 0.6) is 11.5 Å². The second-order valence-electron chi connectivity index (χ2n) is 3.65. The third-order valence-corrected chi connectivity index (χ3v) is 3.18. The van der Waals surface area contributed by atoms with Crippen LogP contribution in [0.25, 0.3) is 10.8 Å². The van der Waals surface area contributed by atoms with E-state index in [1.807, 2.05) is 12.1 Å². The van der Waals surface area contributed by atoms with E-state index >= 15 is 0 Å². The molecule has 2 nitrogen and oxygen atoms in total. The number of halogens is 1. The van der Waals surface area contributed by atoms with E-state index in [1.54, 1.807) is 14.2 Å². The van der Waals surface area contributed by atoms with E-state index in [1.165, 1.54) is 5.56 Å². The lowest BCUT2D eigenvalue weighted by molar-refractivity contribution is 0.403. The van der Waals surface area contributed by atoms with Crippen LogP contribution in [-0.4, -0.2) is 14.2 Å². The van der Waals surface area contributed by atoms with Crippen molar-refractivity contribution >= 4 is 26.7 Å². The molecule has 0 spiro atoms. The van der Waals surface area contributed by atoms with E-state index in [0.29, 0.717) is 0 Å². The molecule has 0 unspecified atom stereocenters. The van der Waals surface area contributed by atoms with Gasteiger partial charge in [-0.1, -0.05) is 12.1 Å². The number of aryl methyl sites for hydroxylation is 1. The number of hydrogen-bond donors (Lipinski definition) is 0. The molecule has 0 bridgehead atoms. The van der Waals surface area contributed by atoms with Gasteiger partial charge >= 0.3 is 0 Å².